The van der Waals surface area contributed by atoms with Gasteiger partial charge in [0.1, 0.15) is 5.75 Å². The second-order valence-corrected chi connectivity index (χ2v) is 3.26. The minimum atomic E-state index is 0.738. The summed E-state index contributed by atoms with van der Waals surface area (Å²) < 4.78 is 10.4. The summed E-state index contributed by atoms with van der Waals surface area (Å²) in [7, 11) is 1.65. The van der Waals surface area contributed by atoms with Gasteiger partial charge in [-0.2, -0.15) is 0 Å². The standard InChI is InChI=1S/C12H13NO2/c1-3-9-4-5-11(14-2)10(8-9)12-6-7-13-15-12/h4-8H,3H2,1-2H3. The molecule has 15 heavy (non-hydrogen) atoms. The van der Waals surface area contributed by atoms with E-state index >= 15 is 0 Å². The first kappa shape index (κ1) is 9.77. The Morgan fingerprint density at radius 2 is 2.20 bits per heavy atom. The number of hydrogen-bond donors (Lipinski definition) is 0. The van der Waals surface area contributed by atoms with Gasteiger partial charge in [0, 0.05) is 6.07 Å². The van der Waals surface area contributed by atoms with Gasteiger partial charge in [-0.05, 0) is 24.1 Å². The highest BCUT2D eigenvalue weighted by Gasteiger charge is 2.09. The van der Waals surface area contributed by atoms with Crippen molar-refractivity contribution >= 4 is 0 Å². The molecular formula is C12H13NO2. The Kier molecular flexibility index (Phi) is 2.72. The van der Waals surface area contributed by atoms with E-state index in [-0.39, 0.29) is 0 Å². The Labute approximate surface area is 88.7 Å². The fourth-order valence-electron chi connectivity index (χ4n) is 1.52. The monoisotopic (exact) mass is 203 g/mol. The summed E-state index contributed by atoms with van der Waals surface area (Å²) in [5.74, 6) is 1.55. The third-order valence-corrected chi connectivity index (χ3v) is 2.38. The van der Waals surface area contributed by atoms with Crippen molar-refractivity contribution in [3.05, 3.63) is 36.0 Å². The molecule has 0 aliphatic rings. The van der Waals surface area contributed by atoms with Crippen LogP contribution >= 0.6 is 0 Å². The van der Waals surface area contributed by atoms with Gasteiger partial charge in [0.2, 0.25) is 0 Å². The van der Waals surface area contributed by atoms with Crippen molar-refractivity contribution in [1.29, 1.82) is 0 Å². The highest BCUT2D eigenvalue weighted by Crippen LogP contribution is 2.30. The molecule has 1 heterocycles. The number of benzene rings is 1. The van der Waals surface area contributed by atoms with E-state index in [0.29, 0.717) is 0 Å². The fraction of sp³-hybridized carbons (Fsp3) is 0.250. The number of nitrogens with zero attached hydrogens (tertiary/aromatic N) is 1. The molecule has 2 rings (SSSR count). The highest BCUT2D eigenvalue weighted by molar-refractivity contribution is 5.66. The summed E-state index contributed by atoms with van der Waals surface area (Å²) in [6, 6.07) is 7.91. The lowest BCUT2D eigenvalue weighted by Crippen LogP contribution is -1.89. The van der Waals surface area contributed by atoms with Gasteiger partial charge in [0.05, 0.1) is 18.9 Å². The summed E-state index contributed by atoms with van der Waals surface area (Å²) in [6.45, 7) is 2.12. The third-order valence-electron chi connectivity index (χ3n) is 2.38. The van der Waals surface area contributed by atoms with Gasteiger partial charge in [-0.3, -0.25) is 0 Å². The summed E-state index contributed by atoms with van der Waals surface area (Å²) in [5, 5.41) is 3.70. The average molecular weight is 203 g/mol. The average Bonchev–Trinajstić information content (AvgIpc) is 2.81. The summed E-state index contributed by atoms with van der Waals surface area (Å²) in [4.78, 5) is 0. The van der Waals surface area contributed by atoms with Crippen LogP contribution in [0.25, 0.3) is 11.3 Å². The molecule has 3 nitrogen and oxygen atoms in total. The van der Waals surface area contributed by atoms with Gasteiger partial charge >= 0.3 is 0 Å². The molecule has 0 amide bonds. The number of ether oxygens (including phenoxy) is 1. The van der Waals surface area contributed by atoms with Crippen molar-refractivity contribution in [2.75, 3.05) is 7.11 Å². The molecule has 3 heteroatoms. The van der Waals surface area contributed by atoms with E-state index in [1.54, 1.807) is 13.3 Å². The molecule has 1 aromatic carbocycles. The molecule has 2 aromatic rings. The van der Waals surface area contributed by atoms with E-state index in [9.17, 15) is 0 Å². The van der Waals surface area contributed by atoms with Gasteiger partial charge < -0.3 is 9.26 Å². The molecule has 0 unspecified atom stereocenters. The Hall–Kier alpha value is -1.77. The zero-order valence-electron chi connectivity index (χ0n) is 8.86. The molecule has 78 valence electrons. The minimum Gasteiger partial charge on any atom is -0.496 e. The van der Waals surface area contributed by atoms with Crippen LogP contribution in [0.5, 0.6) is 5.75 Å². The molecule has 0 aliphatic carbocycles. The molecular weight excluding hydrogens is 190 g/mol. The van der Waals surface area contributed by atoms with E-state index in [1.165, 1.54) is 5.56 Å². The smallest absolute Gasteiger partial charge is 0.170 e. The maximum absolute atomic E-state index is 5.28. The van der Waals surface area contributed by atoms with Crippen molar-refractivity contribution in [2.45, 2.75) is 13.3 Å². The second-order valence-electron chi connectivity index (χ2n) is 3.26. The lowest BCUT2D eigenvalue weighted by atomic mass is 10.1. The molecule has 0 spiro atoms. The van der Waals surface area contributed by atoms with Crippen molar-refractivity contribution in [3.8, 4) is 17.1 Å². The zero-order chi connectivity index (χ0) is 10.7. The lowest BCUT2D eigenvalue weighted by Gasteiger charge is -2.07. The predicted molar refractivity (Wildman–Crippen MR) is 57.9 cm³/mol. The van der Waals surface area contributed by atoms with Crippen LogP contribution in [0.2, 0.25) is 0 Å². The van der Waals surface area contributed by atoms with Gasteiger partial charge in [-0.25, -0.2) is 0 Å². The normalized spacial score (nSPS) is 10.3. The largest absolute Gasteiger partial charge is 0.496 e. The Morgan fingerprint density at radius 3 is 2.80 bits per heavy atom. The molecule has 0 N–H and O–H groups in total. The van der Waals surface area contributed by atoms with Crippen LogP contribution in [0.15, 0.2) is 35.0 Å². The topological polar surface area (TPSA) is 35.3 Å². The third kappa shape index (κ3) is 1.86. The van der Waals surface area contributed by atoms with Gasteiger partial charge in [0.25, 0.3) is 0 Å². The van der Waals surface area contributed by atoms with E-state index in [2.05, 4.69) is 24.2 Å². The number of aryl methyl sites for hydroxylation is 1. The van der Waals surface area contributed by atoms with Crippen molar-refractivity contribution in [1.82, 2.24) is 5.16 Å². The van der Waals surface area contributed by atoms with Crippen molar-refractivity contribution in [3.63, 3.8) is 0 Å². The van der Waals surface area contributed by atoms with Crippen LogP contribution in [-0.2, 0) is 6.42 Å². The van der Waals surface area contributed by atoms with Gasteiger partial charge in [-0.15, -0.1) is 0 Å². The van der Waals surface area contributed by atoms with Crippen LogP contribution in [0.3, 0.4) is 0 Å². The molecule has 0 fully saturated rings. The van der Waals surface area contributed by atoms with Crippen LogP contribution in [0, 0.1) is 0 Å². The molecule has 0 bridgehead atoms. The summed E-state index contributed by atoms with van der Waals surface area (Å²) in [6.07, 6.45) is 2.62. The van der Waals surface area contributed by atoms with E-state index in [1.807, 2.05) is 12.1 Å². The Balaban J connectivity index is 2.52. The Morgan fingerprint density at radius 1 is 1.33 bits per heavy atom. The van der Waals surface area contributed by atoms with Gasteiger partial charge in [0.15, 0.2) is 5.76 Å². The number of hydrogen-bond acceptors (Lipinski definition) is 3. The number of rotatable bonds is 3. The lowest BCUT2D eigenvalue weighted by molar-refractivity contribution is 0.406. The van der Waals surface area contributed by atoms with Crippen LogP contribution in [0.4, 0.5) is 0 Å². The van der Waals surface area contributed by atoms with Crippen LogP contribution in [-0.4, -0.2) is 12.3 Å². The molecule has 0 radical (unpaired) electrons. The number of aromatic nitrogens is 1. The maximum Gasteiger partial charge on any atom is 0.170 e. The number of methoxy groups -OCH3 is 1. The first-order chi connectivity index (χ1) is 7.35. The zero-order valence-corrected chi connectivity index (χ0v) is 8.86. The summed E-state index contributed by atoms with van der Waals surface area (Å²) in [5.41, 5.74) is 2.21. The quantitative estimate of drug-likeness (QED) is 0.769. The minimum absolute atomic E-state index is 0.738. The first-order valence-electron chi connectivity index (χ1n) is 4.93. The SMILES string of the molecule is CCc1ccc(OC)c(-c2ccno2)c1. The molecule has 0 saturated carbocycles. The van der Waals surface area contributed by atoms with Crippen LogP contribution < -0.4 is 4.74 Å². The maximum atomic E-state index is 5.28. The second kappa shape index (κ2) is 4.17. The van der Waals surface area contributed by atoms with Crippen molar-refractivity contribution in [2.24, 2.45) is 0 Å². The molecule has 0 saturated heterocycles. The van der Waals surface area contributed by atoms with E-state index < -0.39 is 0 Å². The first-order valence-corrected chi connectivity index (χ1v) is 4.93. The fourth-order valence-corrected chi connectivity index (χ4v) is 1.52. The van der Waals surface area contributed by atoms with E-state index in [0.717, 1.165) is 23.5 Å². The molecule has 0 atom stereocenters. The molecule has 1 aromatic heterocycles. The van der Waals surface area contributed by atoms with E-state index in [4.69, 9.17) is 9.26 Å². The highest BCUT2D eigenvalue weighted by atomic mass is 16.5. The van der Waals surface area contributed by atoms with Crippen molar-refractivity contribution < 1.29 is 9.26 Å². The predicted octanol–water partition coefficient (Wildman–Crippen LogP) is 2.91. The van der Waals surface area contributed by atoms with Gasteiger partial charge in [-0.1, -0.05) is 18.1 Å². The van der Waals surface area contributed by atoms with Crippen LogP contribution in [0.1, 0.15) is 12.5 Å². The molecule has 0 aliphatic heterocycles. The summed E-state index contributed by atoms with van der Waals surface area (Å²) >= 11 is 0. The Bertz CT molecular complexity index is 435.